The molecule has 1 amide bonds. The highest BCUT2D eigenvalue weighted by molar-refractivity contribution is 6.77. The first kappa shape index (κ1) is 24.4. The van der Waals surface area contributed by atoms with Crippen LogP contribution >= 0.6 is 0 Å². The number of hydrogen-bond donors (Lipinski definition) is 0. The van der Waals surface area contributed by atoms with E-state index in [-0.39, 0.29) is 12.7 Å². The van der Waals surface area contributed by atoms with E-state index in [1.807, 2.05) is 30.3 Å². The fourth-order valence-corrected chi connectivity index (χ4v) is 10.5. The number of methoxy groups -OCH3 is 1. The molecular formula is C23H37NO5Si. The molecule has 0 radical (unpaired) electrons. The summed E-state index contributed by atoms with van der Waals surface area (Å²) in [6, 6.07) is 8.82. The van der Waals surface area contributed by atoms with E-state index < -0.39 is 26.4 Å². The van der Waals surface area contributed by atoms with Crippen molar-refractivity contribution in [2.75, 3.05) is 13.7 Å². The van der Waals surface area contributed by atoms with Gasteiger partial charge in [0.2, 0.25) is 8.32 Å². The highest BCUT2D eigenvalue weighted by atomic mass is 28.4. The van der Waals surface area contributed by atoms with Gasteiger partial charge in [0.15, 0.2) is 0 Å². The molecule has 7 heteroatoms. The Morgan fingerprint density at radius 3 is 2.10 bits per heavy atom. The van der Waals surface area contributed by atoms with Gasteiger partial charge >= 0.3 is 12.1 Å². The topological polar surface area (TPSA) is 65.1 Å². The van der Waals surface area contributed by atoms with E-state index in [0.29, 0.717) is 29.6 Å². The second kappa shape index (κ2) is 10.4. The summed E-state index contributed by atoms with van der Waals surface area (Å²) in [5, 5.41) is 0. The zero-order valence-electron chi connectivity index (χ0n) is 19.4. The van der Waals surface area contributed by atoms with E-state index in [9.17, 15) is 9.59 Å². The molecule has 1 aliphatic rings. The fraction of sp³-hybridized carbons (Fsp3) is 0.652. The third-order valence-corrected chi connectivity index (χ3v) is 12.4. The van der Waals surface area contributed by atoms with Crippen molar-refractivity contribution in [3.8, 4) is 0 Å². The van der Waals surface area contributed by atoms with E-state index in [1.165, 1.54) is 12.0 Å². The maximum Gasteiger partial charge on any atom is 0.410 e. The van der Waals surface area contributed by atoms with Crippen molar-refractivity contribution in [1.29, 1.82) is 0 Å². The molecule has 0 aromatic heterocycles. The number of likely N-dealkylation sites (tertiary alicyclic amines) is 1. The van der Waals surface area contributed by atoms with Crippen molar-refractivity contribution in [2.24, 2.45) is 0 Å². The first-order valence-corrected chi connectivity index (χ1v) is 13.0. The van der Waals surface area contributed by atoms with Gasteiger partial charge in [-0.25, -0.2) is 9.59 Å². The Kier molecular flexibility index (Phi) is 8.49. The first-order valence-electron chi connectivity index (χ1n) is 10.9. The summed E-state index contributed by atoms with van der Waals surface area (Å²) < 4.78 is 17.3. The van der Waals surface area contributed by atoms with Crippen molar-refractivity contribution >= 4 is 20.4 Å². The average molecular weight is 436 g/mol. The van der Waals surface area contributed by atoms with Gasteiger partial charge in [0.1, 0.15) is 12.6 Å². The molecule has 0 bridgehead atoms. The van der Waals surface area contributed by atoms with Gasteiger partial charge in [0, 0.05) is 13.0 Å². The molecule has 168 valence electrons. The van der Waals surface area contributed by atoms with Gasteiger partial charge in [-0.2, -0.15) is 0 Å². The summed E-state index contributed by atoms with van der Waals surface area (Å²) >= 11 is 0. The van der Waals surface area contributed by atoms with Gasteiger partial charge in [-0.1, -0.05) is 71.9 Å². The van der Waals surface area contributed by atoms with Gasteiger partial charge in [0.25, 0.3) is 0 Å². The van der Waals surface area contributed by atoms with Gasteiger partial charge in [-0.15, -0.1) is 0 Å². The molecule has 0 N–H and O–H groups in total. The maximum atomic E-state index is 12.8. The quantitative estimate of drug-likeness (QED) is 0.418. The Morgan fingerprint density at radius 2 is 1.60 bits per heavy atom. The molecule has 0 spiro atoms. The standard InChI is InChI=1S/C23H37NO5Si/c1-16(2)30(17(3)4,18(5)6)29-20-13-21(22(25)27-7)24(14-20)23(26)28-15-19-11-9-8-10-12-19/h8-12,16-18,20-21H,13-15H2,1-7H3/t20-,21+/m0/s1. The molecule has 1 aliphatic heterocycles. The zero-order valence-corrected chi connectivity index (χ0v) is 20.4. The Hall–Kier alpha value is -1.86. The van der Waals surface area contributed by atoms with E-state index in [2.05, 4.69) is 41.5 Å². The van der Waals surface area contributed by atoms with Crippen LogP contribution in [0.15, 0.2) is 30.3 Å². The number of hydrogen-bond acceptors (Lipinski definition) is 5. The van der Waals surface area contributed by atoms with E-state index in [0.717, 1.165) is 5.56 Å². The molecule has 1 heterocycles. The lowest BCUT2D eigenvalue weighted by Gasteiger charge is -2.44. The zero-order chi connectivity index (χ0) is 22.5. The van der Waals surface area contributed by atoms with Gasteiger partial charge in [-0.3, -0.25) is 4.90 Å². The SMILES string of the molecule is COC(=O)[C@H]1C[C@H](O[Si](C(C)C)(C(C)C)C(C)C)CN1C(=O)OCc1ccccc1. The fourth-order valence-electron chi connectivity index (χ4n) is 4.94. The van der Waals surface area contributed by atoms with Crippen molar-refractivity contribution in [1.82, 2.24) is 4.90 Å². The van der Waals surface area contributed by atoms with Crippen LogP contribution in [0.25, 0.3) is 0 Å². The van der Waals surface area contributed by atoms with Crippen LogP contribution in [0.2, 0.25) is 16.6 Å². The van der Waals surface area contributed by atoms with Crippen molar-refractivity contribution in [3.63, 3.8) is 0 Å². The second-order valence-electron chi connectivity index (χ2n) is 9.02. The number of amides is 1. The van der Waals surface area contributed by atoms with Gasteiger partial charge in [-0.05, 0) is 22.2 Å². The number of rotatable bonds is 8. The number of carbonyl (C=O) groups excluding carboxylic acids is 2. The Labute approximate surface area is 182 Å². The van der Waals surface area contributed by atoms with Crippen molar-refractivity contribution in [3.05, 3.63) is 35.9 Å². The highest BCUT2D eigenvalue weighted by Crippen LogP contribution is 2.44. The highest BCUT2D eigenvalue weighted by Gasteiger charge is 2.50. The molecule has 30 heavy (non-hydrogen) atoms. The number of esters is 1. The molecule has 2 rings (SSSR count). The minimum absolute atomic E-state index is 0.165. The number of nitrogens with zero attached hydrogens (tertiary/aromatic N) is 1. The first-order chi connectivity index (χ1) is 14.1. The molecule has 1 saturated heterocycles. The van der Waals surface area contributed by atoms with Crippen LogP contribution in [0.5, 0.6) is 0 Å². The van der Waals surface area contributed by atoms with Crippen LogP contribution < -0.4 is 0 Å². The van der Waals surface area contributed by atoms with Crippen molar-refractivity contribution < 1.29 is 23.5 Å². The molecule has 0 saturated carbocycles. The predicted octanol–water partition coefficient (Wildman–Crippen LogP) is 5.13. The Morgan fingerprint density at radius 1 is 1.03 bits per heavy atom. The smallest absolute Gasteiger partial charge is 0.410 e. The van der Waals surface area contributed by atoms with Gasteiger partial charge < -0.3 is 13.9 Å². The molecule has 0 unspecified atom stereocenters. The summed E-state index contributed by atoms with van der Waals surface area (Å²) in [5.74, 6) is -0.427. The second-order valence-corrected chi connectivity index (χ2v) is 14.4. The number of carbonyl (C=O) groups is 2. The predicted molar refractivity (Wildman–Crippen MR) is 120 cm³/mol. The molecule has 1 aromatic rings. The lowest BCUT2D eigenvalue weighted by atomic mass is 10.2. The Bertz CT molecular complexity index is 685. The van der Waals surface area contributed by atoms with E-state index in [4.69, 9.17) is 13.9 Å². The summed E-state index contributed by atoms with van der Waals surface area (Å²) in [7, 11) is -0.787. The largest absolute Gasteiger partial charge is 0.467 e. The molecule has 0 aliphatic carbocycles. The average Bonchev–Trinajstić information content (AvgIpc) is 3.13. The van der Waals surface area contributed by atoms with Gasteiger partial charge in [0.05, 0.1) is 13.2 Å². The third-order valence-electron chi connectivity index (χ3n) is 6.25. The minimum Gasteiger partial charge on any atom is -0.467 e. The molecule has 1 fully saturated rings. The van der Waals surface area contributed by atoms with Crippen LogP contribution in [0.4, 0.5) is 4.79 Å². The maximum absolute atomic E-state index is 12.8. The number of benzene rings is 1. The van der Waals surface area contributed by atoms with Crippen LogP contribution in [0.1, 0.15) is 53.5 Å². The third kappa shape index (κ3) is 5.24. The lowest BCUT2D eigenvalue weighted by molar-refractivity contribution is -0.145. The Balaban J connectivity index is 2.16. The lowest BCUT2D eigenvalue weighted by Crippen LogP contribution is -2.50. The molecule has 1 aromatic carbocycles. The number of ether oxygens (including phenoxy) is 2. The van der Waals surface area contributed by atoms with Crippen LogP contribution in [0, 0.1) is 0 Å². The van der Waals surface area contributed by atoms with E-state index >= 15 is 0 Å². The molecule has 6 nitrogen and oxygen atoms in total. The van der Waals surface area contributed by atoms with Crippen LogP contribution in [-0.2, 0) is 25.3 Å². The van der Waals surface area contributed by atoms with Crippen LogP contribution in [-0.4, -0.2) is 51.1 Å². The molecular weight excluding hydrogens is 398 g/mol. The normalized spacial score (nSPS) is 19.6. The molecule has 2 atom stereocenters. The minimum atomic E-state index is -2.13. The summed E-state index contributed by atoms with van der Waals surface area (Å²) in [4.78, 5) is 26.7. The monoisotopic (exact) mass is 435 g/mol. The van der Waals surface area contributed by atoms with Crippen LogP contribution in [0.3, 0.4) is 0 Å². The summed E-state index contributed by atoms with van der Waals surface area (Å²) in [5.41, 5.74) is 2.17. The van der Waals surface area contributed by atoms with Crippen molar-refractivity contribution in [2.45, 2.75) is 83.3 Å². The summed E-state index contributed by atoms with van der Waals surface area (Å²) in [6.07, 6.45) is -0.267. The summed E-state index contributed by atoms with van der Waals surface area (Å²) in [6.45, 7) is 13.9. The van der Waals surface area contributed by atoms with E-state index in [1.54, 1.807) is 0 Å².